The van der Waals surface area contributed by atoms with E-state index in [4.69, 9.17) is 0 Å². The number of rotatable bonds is 2. The number of nitrogens with zero attached hydrogens (tertiary/aromatic N) is 1. The van der Waals surface area contributed by atoms with E-state index in [9.17, 15) is 14.7 Å². The summed E-state index contributed by atoms with van der Waals surface area (Å²) in [5.74, 6) is -0.868. The molecule has 0 unspecified atom stereocenters. The van der Waals surface area contributed by atoms with Crippen molar-refractivity contribution in [2.45, 2.75) is 44.1 Å². The van der Waals surface area contributed by atoms with Gasteiger partial charge in [-0.2, -0.15) is 0 Å². The zero-order valence-electron chi connectivity index (χ0n) is 11.2. The van der Waals surface area contributed by atoms with E-state index in [0.29, 0.717) is 18.2 Å². The van der Waals surface area contributed by atoms with Crippen molar-refractivity contribution in [2.24, 2.45) is 0 Å². The molecule has 0 spiro atoms. The molecule has 106 valence electrons. The van der Waals surface area contributed by atoms with Crippen LogP contribution >= 0.6 is 11.5 Å². The molecule has 20 heavy (non-hydrogen) atoms. The van der Waals surface area contributed by atoms with Crippen molar-refractivity contribution in [1.82, 2.24) is 3.96 Å². The Bertz CT molecular complexity index is 692. The van der Waals surface area contributed by atoms with Crippen LogP contribution in [-0.4, -0.2) is 15.0 Å². The van der Waals surface area contributed by atoms with Crippen LogP contribution in [0.5, 0.6) is 0 Å². The lowest BCUT2D eigenvalue weighted by molar-refractivity contribution is -0.148. The highest BCUT2D eigenvalue weighted by Gasteiger charge is 2.42. The predicted molar refractivity (Wildman–Crippen MR) is 79.4 cm³/mol. The van der Waals surface area contributed by atoms with Gasteiger partial charge in [-0.1, -0.05) is 49.3 Å². The number of hydrogen-bond acceptors (Lipinski definition) is 3. The van der Waals surface area contributed by atoms with Crippen molar-refractivity contribution < 1.29 is 9.90 Å². The summed E-state index contributed by atoms with van der Waals surface area (Å²) in [6, 6.07) is 7.35. The molecule has 1 fully saturated rings. The van der Waals surface area contributed by atoms with Crippen LogP contribution in [-0.2, 0) is 10.3 Å². The normalized spacial score (nSPS) is 18.8. The van der Waals surface area contributed by atoms with Crippen LogP contribution in [0, 0.1) is 0 Å². The molecule has 0 amide bonds. The fourth-order valence-electron chi connectivity index (χ4n) is 3.07. The van der Waals surface area contributed by atoms with Crippen molar-refractivity contribution in [3.63, 3.8) is 0 Å². The Hall–Kier alpha value is -1.62. The van der Waals surface area contributed by atoms with Crippen molar-refractivity contribution in [1.29, 1.82) is 0 Å². The summed E-state index contributed by atoms with van der Waals surface area (Å²) in [5.41, 5.74) is -1.20. The van der Waals surface area contributed by atoms with E-state index in [1.54, 1.807) is 6.07 Å². The van der Waals surface area contributed by atoms with Gasteiger partial charge in [0.2, 0.25) is 0 Å². The fourth-order valence-corrected chi connectivity index (χ4v) is 4.28. The van der Waals surface area contributed by atoms with Crippen molar-refractivity contribution in [3.05, 3.63) is 34.6 Å². The molecule has 0 radical (unpaired) electrons. The molecule has 0 bridgehead atoms. The average Bonchev–Trinajstić information content (AvgIpc) is 2.65. The Morgan fingerprint density at radius 3 is 2.40 bits per heavy atom. The molecule has 2 aromatic rings. The van der Waals surface area contributed by atoms with Gasteiger partial charge in [0, 0.05) is 0 Å². The minimum absolute atomic E-state index is 0.157. The fraction of sp³-hybridized carbons (Fsp3) is 0.467. The molecule has 0 aliphatic heterocycles. The van der Waals surface area contributed by atoms with Crippen LogP contribution in [0.4, 0.5) is 0 Å². The Kier molecular flexibility index (Phi) is 3.38. The summed E-state index contributed by atoms with van der Waals surface area (Å²) < 4.78 is 2.38. The van der Waals surface area contributed by atoms with Crippen LogP contribution in [0.15, 0.2) is 29.1 Å². The maximum atomic E-state index is 12.6. The van der Waals surface area contributed by atoms with E-state index in [0.717, 1.165) is 30.4 Å². The maximum absolute atomic E-state index is 12.6. The second kappa shape index (κ2) is 5.05. The third-order valence-electron chi connectivity index (χ3n) is 4.21. The molecule has 0 atom stereocenters. The van der Waals surface area contributed by atoms with Gasteiger partial charge in [-0.25, -0.2) is 8.75 Å². The van der Waals surface area contributed by atoms with Gasteiger partial charge < -0.3 is 5.11 Å². The first-order valence-electron chi connectivity index (χ1n) is 7.00. The first-order chi connectivity index (χ1) is 9.65. The van der Waals surface area contributed by atoms with Crippen molar-refractivity contribution >= 4 is 27.6 Å². The number of carboxylic acids is 1. The summed E-state index contributed by atoms with van der Waals surface area (Å²) in [6.45, 7) is 0. The number of carbonyl (C=O) groups is 1. The minimum Gasteiger partial charge on any atom is -0.479 e. The van der Waals surface area contributed by atoms with E-state index >= 15 is 0 Å². The quantitative estimate of drug-likeness (QED) is 0.864. The molecule has 4 nitrogen and oxygen atoms in total. The zero-order chi connectivity index (χ0) is 14.2. The molecule has 5 heteroatoms. The third kappa shape index (κ3) is 1.97. The van der Waals surface area contributed by atoms with Crippen molar-refractivity contribution in [2.75, 3.05) is 0 Å². The van der Waals surface area contributed by atoms with E-state index in [-0.39, 0.29) is 5.56 Å². The lowest BCUT2D eigenvalue weighted by atomic mass is 9.91. The van der Waals surface area contributed by atoms with Crippen molar-refractivity contribution in [3.8, 4) is 0 Å². The highest BCUT2D eigenvalue weighted by molar-refractivity contribution is 7.14. The van der Waals surface area contributed by atoms with E-state index in [1.807, 2.05) is 18.2 Å². The molecule has 1 N–H and O–H groups in total. The smallest absolute Gasteiger partial charge is 0.330 e. The van der Waals surface area contributed by atoms with Crippen LogP contribution in [0.3, 0.4) is 0 Å². The third-order valence-corrected chi connectivity index (χ3v) is 5.46. The van der Waals surface area contributed by atoms with Gasteiger partial charge in [-0.3, -0.25) is 4.79 Å². The SMILES string of the molecule is O=C(O)C1(n2sc3ccccc3c2=O)CCCCCC1. The van der Waals surface area contributed by atoms with Gasteiger partial charge in [0.15, 0.2) is 5.54 Å². The summed E-state index contributed by atoms with van der Waals surface area (Å²) in [4.78, 5) is 24.5. The molecule has 1 aromatic heterocycles. The number of hydrogen-bond donors (Lipinski definition) is 1. The molecule has 1 aliphatic rings. The summed E-state index contributed by atoms with van der Waals surface area (Å²) in [5, 5.41) is 10.4. The van der Waals surface area contributed by atoms with Crippen LogP contribution in [0.25, 0.3) is 10.1 Å². The maximum Gasteiger partial charge on any atom is 0.330 e. The van der Waals surface area contributed by atoms with Crippen LogP contribution in [0.2, 0.25) is 0 Å². The second-order valence-corrected chi connectivity index (χ2v) is 6.43. The second-order valence-electron chi connectivity index (χ2n) is 5.44. The Labute approximate surface area is 120 Å². The molecule has 1 aliphatic carbocycles. The standard InChI is InChI=1S/C15H17NO3S/c17-13-11-7-3-4-8-12(11)20-16(13)15(14(18)19)9-5-1-2-6-10-15/h3-4,7-8H,1-2,5-6,9-10H2,(H,18,19). The topological polar surface area (TPSA) is 59.3 Å². The van der Waals surface area contributed by atoms with E-state index < -0.39 is 11.5 Å². The van der Waals surface area contributed by atoms with Crippen LogP contribution in [0.1, 0.15) is 38.5 Å². The molecule has 1 aromatic carbocycles. The average molecular weight is 291 g/mol. The van der Waals surface area contributed by atoms with Gasteiger partial charge in [0.05, 0.1) is 10.1 Å². The number of aromatic nitrogens is 1. The lowest BCUT2D eigenvalue weighted by Crippen LogP contribution is -2.44. The highest BCUT2D eigenvalue weighted by Crippen LogP contribution is 2.36. The highest BCUT2D eigenvalue weighted by atomic mass is 32.1. The number of benzene rings is 1. The zero-order valence-corrected chi connectivity index (χ0v) is 12.0. The summed E-state index contributed by atoms with van der Waals surface area (Å²) >= 11 is 1.29. The first kappa shape index (κ1) is 13.4. The Balaban J connectivity index is 2.21. The van der Waals surface area contributed by atoms with Gasteiger partial charge in [-0.15, -0.1) is 0 Å². The van der Waals surface area contributed by atoms with E-state index in [2.05, 4.69) is 0 Å². The molecule has 1 saturated carbocycles. The summed E-state index contributed by atoms with van der Waals surface area (Å²) in [7, 11) is 0. The van der Waals surface area contributed by atoms with Gasteiger partial charge >= 0.3 is 5.97 Å². The molecular weight excluding hydrogens is 274 g/mol. The Morgan fingerprint density at radius 2 is 1.80 bits per heavy atom. The number of carboxylic acid groups (broad SMARTS) is 1. The number of fused-ring (bicyclic) bond motifs is 1. The lowest BCUT2D eigenvalue weighted by Gasteiger charge is -2.28. The van der Waals surface area contributed by atoms with Gasteiger partial charge in [-0.05, 0) is 25.0 Å². The summed E-state index contributed by atoms with van der Waals surface area (Å²) in [6.07, 6.45) is 4.94. The molecular formula is C15H17NO3S. The molecule has 1 heterocycles. The molecule has 0 saturated heterocycles. The number of aliphatic carboxylic acids is 1. The monoisotopic (exact) mass is 291 g/mol. The Morgan fingerprint density at radius 1 is 1.15 bits per heavy atom. The molecule has 3 rings (SSSR count). The van der Waals surface area contributed by atoms with Crippen LogP contribution < -0.4 is 5.56 Å². The van der Waals surface area contributed by atoms with Gasteiger partial charge in [0.25, 0.3) is 5.56 Å². The van der Waals surface area contributed by atoms with E-state index in [1.165, 1.54) is 15.5 Å². The largest absolute Gasteiger partial charge is 0.479 e. The minimum atomic E-state index is -1.04. The van der Waals surface area contributed by atoms with Gasteiger partial charge in [0.1, 0.15) is 0 Å². The predicted octanol–water partition coefficient (Wildman–Crippen LogP) is 3.20. The first-order valence-corrected chi connectivity index (χ1v) is 7.77.